The van der Waals surface area contributed by atoms with Crippen molar-refractivity contribution in [3.8, 4) is 0 Å². The predicted octanol–water partition coefficient (Wildman–Crippen LogP) is 3.41. The number of aryl methyl sites for hydroxylation is 1. The van der Waals surface area contributed by atoms with Crippen molar-refractivity contribution in [2.75, 3.05) is 19.7 Å². The first-order valence-corrected chi connectivity index (χ1v) is 8.78. The molecule has 1 aliphatic carbocycles. The molecule has 1 amide bonds. The molecule has 1 spiro atoms. The quantitative estimate of drug-likeness (QED) is 0.883. The molecule has 5 nitrogen and oxygen atoms in total. The summed E-state index contributed by atoms with van der Waals surface area (Å²) in [6.07, 6.45) is -2.89. The number of pyridine rings is 1. The minimum Gasteiger partial charge on any atom is -0.434 e. The number of aliphatic hydroxyl groups is 1. The average Bonchev–Trinajstić information content (AvgIpc) is 2.57. The molecule has 26 heavy (non-hydrogen) atoms. The lowest BCUT2D eigenvalue weighted by Gasteiger charge is -2.52. The fraction of sp³-hybridized carbons (Fsp3) is 0.667. The van der Waals surface area contributed by atoms with Gasteiger partial charge in [0.05, 0.1) is 6.61 Å². The van der Waals surface area contributed by atoms with E-state index in [1.165, 1.54) is 4.90 Å². The molecule has 1 N–H and O–H groups in total. The van der Waals surface area contributed by atoms with Crippen molar-refractivity contribution in [3.05, 3.63) is 29.6 Å². The van der Waals surface area contributed by atoms with Crippen LogP contribution in [0.2, 0.25) is 0 Å². The highest BCUT2D eigenvalue weighted by atomic mass is 19.4. The van der Waals surface area contributed by atoms with Crippen molar-refractivity contribution in [1.82, 2.24) is 9.88 Å². The summed E-state index contributed by atoms with van der Waals surface area (Å²) in [7, 11) is 0. The van der Waals surface area contributed by atoms with Crippen molar-refractivity contribution in [3.63, 3.8) is 0 Å². The van der Waals surface area contributed by atoms with E-state index in [1.54, 1.807) is 0 Å². The summed E-state index contributed by atoms with van der Waals surface area (Å²) in [5.41, 5.74) is 2.35. The summed E-state index contributed by atoms with van der Waals surface area (Å²) in [4.78, 5) is 17.7. The molecule has 1 aromatic heterocycles. The summed E-state index contributed by atoms with van der Waals surface area (Å²) < 4.78 is 42.2. The smallest absolute Gasteiger partial charge is 0.427 e. The highest BCUT2D eigenvalue weighted by Crippen LogP contribution is 2.56. The van der Waals surface area contributed by atoms with Gasteiger partial charge < -0.3 is 14.7 Å². The molecule has 1 aliphatic heterocycles. The molecular formula is C18H23F3N2O3. The maximum atomic E-state index is 12.6. The lowest BCUT2D eigenvalue weighted by atomic mass is 9.57. The number of alkyl halides is 3. The van der Waals surface area contributed by atoms with E-state index < -0.39 is 25.0 Å². The number of carbonyl (C=O) groups excluding carboxylic acids is 1. The number of likely N-dealkylation sites (tertiary alicyclic amines) is 1. The number of aromatic nitrogens is 1. The van der Waals surface area contributed by atoms with Crippen LogP contribution in [0.25, 0.3) is 0 Å². The number of ether oxygens (including phenoxy) is 1. The second-order valence-electron chi connectivity index (χ2n) is 7.45. The van der Waals surface area contributed by atoms with Crippen LogP contribution in [-0.4, -0.2) is 53.1 Å². The third kappa shape index (κ3) is 3.95. The summed E-state index contributed by atoms with van der Waals surface area (Å²) >= 11 is 0. The molecule has 2 heterocycles. The topological polar surface area (TPSA) is 62.7 Å². The summed E-state index contributed by atoms with van der Waals surface area (Å²) in [5.74, 6) is 0.415. The van der Waals surface area contributed by atoms with Crippen LogP contribution in [0.3, 0.4) is 0 Å². The van der Waals surface area contributed by atoms with Gasteiger partial charge in [0.1, 0.15) is 0 Å². The lowest BCUT2D eigenvalue weighted by Crippen LogP contribution is -2.50. The Balaban J connectivity index is 1.49. The molecule has 0 aromatic carbocycles. The number of carbonyl (C=O) groups is 1. The third-order valence-corrected chi connectivity index (χ3v) is 5.57. The number of rotatable bonds is 3. The Morgan fingerprint density at radius 3 is 2.54 bits per heavy atom. The summed E-state index contributed by atoms with van der Waals surface area (Å²) in [5, 5.41) is 8.77. The van der Waals surface area contributed by atoms with Crippen molar-refractivity contribution in [2.45, 2.75) is 50.8 Å². The Bertz CT molecular complexity index is 632. The fourth-order valence-electron chi connectivity index (χ4n) is 3.89. The van der Waals surface area contributed by atoms with E-state index in [0.717, 1.165) is 36.9 Å². The average molecular weight is 372 g/mol. The second-order valence-corrected chi connectivity index (χ2v) is 7.45. The molecule has 0 radical (unpaired) electrons. The molecule has 2 fully saturated rings. The Kier molecular flexibility index (Phi) is 5.14. The highest BCUT2D eigenvalue weighted by Gasteiger charge is 2.48. The van der Waals surface area contributed by atoms with Gasteiger partial charge in [0.15, 0.2) is 0 Å². The Morgan fingerprint density at radius 1 is 1.38 bits per heavy atom. The van der Waals surface area contributed by atoms with Crippen LogP contribution in [0.4, 0.5) is 18.0 Å². The first-order valence-electron chi connectivity index (χ1n) is 8.78. The van der Waals surface area contributed by atoms with E-state index in [0.29, 0.717) is 19.0 Å². The van der Waals surface area contributed by atoms with E-state index in [9.17, 15) is 18.0 Å². The van der Waals surface area contributed by atoms with E-state index in [-0.39, 0.29) is 5.41 Å². The van der Waals surface area contributed by atoms with E-state index in [1.807, 2.05) is 25.3 Å². The Morgan fingerprint density at radius 2 is 2.04 bits per heavy atom. The van der Waals surface area contributed by atoms with E-state index >= 15 is 0 Å². The van der Waals surface area contributed by atoms with Crippen LogP contribution >= 0.6 is 0 Å². The highest BCUT2D eigenvalue weighted by molar-refractivity contribution is 5.68. The van der Waals surface area contributed by atoms with Gasteiger partial charge in [0.2, 0.25) is 6.10 Å². The van der Waals surface area contributed by atoms with Crippen molar-refractivity contribution in [1.29, 1.82) is 0 Å². The van der Waals surface area contributed by atoms with Crippen LogP contribution in [0.15, 0.2) is 18.3 Å². The monoisotopic (exact) mass is 372 g/mol. The van der Waals surface area contributed by atoms with Gasteiger partial charge >= 0.3 is 12.3 Å². The molecule has 1 aromatic rings. The van der Waals surface area contributed by atoms with Crippen LogP contribution in [0, 0.1) is 12.3 Å². The molecule has 1 atom stereocenters. The van der Waals surface area contributed by atoms with Crippen molar-refractivity contribution >= 4 is 6.09 Å². The molecule has 1 saturated heterocycles. The maximum absolute atomic E-state index is 12.6. The molecule has 2 aliphatic rings. The molecule has 144 valence electrons. The SMILES string of the molecule is Cc1ccc(C2CC3(CCN(C(=O)O[C@H](CO)C(F)(F)F)CC3)C2)nc1. The molecule has 8 heteroatoms. The first kappa shape index (κ1) is 18.9. The van der Waals surface area contributed by atoms with Gasteiger partial charge in [0, 0.05) is 30.9 Å². The van der Waals surface area contributed by atoms with Gasteiger partial charge in [-0.1, -0.05) is 6.07 Å². The largest absolute Gasteiger partial charge is 0.434 e. The zero-order chi connectivity index (χ0) is 18.9. The van der Waals surface area contributed by atoms with Crippen LogP contribution in [0.1, 0.15) is 42.9 Å². The number of amides is 1. The number of aliphatic hydroxyl groups excluding tert-OH is 1. The number of halogens is 3. The number of hydrogen-bond acceptors (Lipinski definition) is 4. The fourth-order valence-corrected chi connectivity index (χ4v) is 3.89. The lowest BCUT2D eigenvalue weighted by molar-refractivity contribution is -0.215. The number of nitrogens with zero attached hydrogens (tertiary/aromatic N) is 2. The van der Waals surface area contributed by atoms with Crippen LogP contribution < -0.4 is 0 Å². The van der Waals surface area contributed by atoms with E-state index in [2.05, 4.69) is 9.72 Å². The molecule has 1 saturated carbocycles. The van der Waals surface area contributed by atoms with Gasteiger partial charge in [-0.2, -0.15) is 13.2 Å². The Hall–Kier alpha value is -1.83. The maximum Gasteiger partial charge on any atom is 0.427 e. The van der Waals surface area contributed by atoms with Crippen LogP contribution in [-0.2, 0) is 4.74 Å². The van der Waals surface area contributed by atoms with Crippen molar-refractivity contribution < 1.29 is 27.8 Å². The van der Waals surface area contributed by atoms with Gasteiger partial charge in [-0.3, -0.25) is 4.98 Å². The minimum atomic E-state index is -4.76. The number of hydrogen-bond donors (Lipinski definition) is 1. The first-order chi connectivity index (χ1) is 12.2. The predicted molar refractivity (Wildman–Crippen MR) is 87.6 cm³/mol. The normalized spacial score (nSPS) is 21.3. The minimum absolute atomic E-state index is 0.147. The van der Waals surface area contributed by atoms with Gasteiger partial charge in [-0.15, -0.1) is 0 Å². The molecule has 0 unspecified atom stereocenters. The second kappa shape index (κ2) is 7.06. The summed E-state index contributed by atoms with van der Waals surface area (Å²) in [6.45, 7) is 1.48. The van der Waals surface area contributed by atoms with Crippen molar-refractivity contribution in [2.24, 2.45) is 5.41 Å². The van der Waals surface area contributed by atoms with Gasteiger partial charge in [-0.25, -0.2) is 4.79 Å². The summed E-state index contributed by atoms with van der Waals surface area (Å²) in [6, 6.07) is 4.09. The van der Waals surface area contributed by atoms with Crippen LogP contribution in [0.5, 0.6) is 0 Å². The zero-order valence-corrected chi connectivity index (χ0v) is 14.6. The standard InChI is InChI=1S/C18H23F3N2O3/c1-12-2-3-14(22-10-12)13-8-17(9-13)4-6-23(7-5-17)16(25)26-15(11-24)18(19,20)21/h2-3,10,13,15,24H,4-9,11H2,1H3/t15-/m1/s1. The Labute approximate surface area is 150 Å². The molecular weight excluding hydrogens is 349 g/mol. The third-order valence-electron chi connectivity index (χ3n) is 5.57. The number of piperidine rings is 1. The molecule has 3 rings (SSSR count). The van der Waals surface area contributed by atoms with Gasteiger partial charge in [-0.05, 0) is 49.7 Å². The van der Waals surface area contributed by atoms with Gasteiger partial charge in [0.25, 0.3) is 0 Å². The zero-order valence-electron chi connectivity index (χ0n) is 14.6. The van der Waals surface area contributed by atoms with E-state index in [4.69, 9.17) is 5.11 Å². The molecule has 0 bridgehead atoms.